The summed E-state index contributed by atoms with van der Waals surface area (Å²) in [6.45, 7) is -0.440. The quantitative estimate of drug-likeness (QED) is 0.412. The van der Waals surface area contributed by atoms with Gasteiger partial charge in [0, 0.05) is 13.5 Å². The van der Waals surface area contributed by atoms with Crippen LogP contribution in [0.3, 0.4) is 0 Å². The average molecular weight is 208 g/mol. The maximum Gasteiger partial charge on any atom is 0.183 e. The van der Waals surface area contributed by atoms with E-state index < -0.39 is 37.3 Å². The van der Waals surface area contributed by atoms with Crippen LogP contribution in [-0.2, 0) is 9.47 Å². The lowest BCUT2D eigenvalue weighted by Gasteiger charge is -2.23. The zero-order valence-electron chi connectivity index (χ0n) is 7.91. The van der Waals surface area contributed by atoms with Crippen LogP contribution in [0.4, 0.5) is 0 Å². The smallest absolute Gasteiger partial charge is 0.183 e. The number of hydrogen-bond acceptors (Lipinski definition) is 6. The highest BCUT2D eigenvalue weighted by Gasteiger charge is 2.37. The van der Waals surface area contributed by atoms with Gasteiger partial charge < -0.3 is 29.9 Å². The van der Waals surface area contributed by atoms with Crippen LogP contribution < -0.4 is 0 Å². The van der Waals surface area contributed by atoms with Gasteiger partial charge >= 0.3 is 0 Å². The van der Waals surface area contributed by atoms with Crippen molar-refractivity contribution in [2.24, 2.45) is 0 Å². The van der Waals surface area contributed by atoms with Gasteiger partial charge in [0.15, 0.2) is 6.29 Å². The molecule has 1 aliphatic rings. The second-order valence-electron chi connectivity index (χ2n) is 3.32. The first-order valence-electron chi connectivity index (χ1n) is 4.43. The second kappa shape index (κ2) is 5.01. The molecule has 0 aliphatic carbocycles. The van der Waals surface area contributed by atoms with Crippen molar-refractivity contribution < 1.29 is 29.9 Å². The lowest BCUT2D eigenvalue weighted by Crippen LogP contribution is -2.40. The van der Waals surface area contributed by atoms with Crippen molar-refractivity contribution in [2.45, 2.75) is 37.1 Å². The molecule has 1 fully saturated rings. The lowest BCUT2D eigenvalue weighted by molar-refractivity contribution is -0.214. The van der Waals surface area contributed by atoms with Crippen molar-refractivity contribution in [2.75, 3.05) is 13.7 Å². The fraction of sp³-hybridized carbons (Fsp3) is 1.00. The largest absolute Gasteiger partial charge is 0.394 e. The SMILES string of the molecule is CO[C@@H]1O[C@H](CO)[C@@H](O)[C@H](O)C[C@H]1O. The molecule has 0 aromatic carbocycles. The van der Waals surface area contributed by atoms with Gasteiger partial charge in [-0.3, -0.25) is 0 Å². The zero-order chi connectivity index (χ0) is 10.7. The Morgan fingerprint density at radius 1 is 1.29 bits per heavy atom. The van der Waals surface area contributed by atoms with Crippen LogP contribution >= 0.6 is 0 Å². The number of ether oxygens (including phenoxy) is 2. The van der Waals surface area contributed by atoms with Crippen LogP contribution in [0.15, 0.2) is 0 Å². The van der Waals surface area contributed by atoms with Crippen LogP contribution in [-0.4, -0.2) is 64.8 Å². The molecule has 84 valence electrons. The zero-order valence-corrected chi connectivity index (χ0v) is 7.91. The third-order valence-corrected chi connectivity index (χ3v) is 2.29. The summed E-state index contributed by atoms with van der Waals surface area (Å²) in [5.41, 5.74) is 0. The maximum absolute atomic E-state index is 9.45. The molecule has 6 nitrogen and oxygen atoms in total. The van der Waals surface area contributed by atoms with E-state index in [1.165, 1.54) is 7.11 Å². The van der Waals surface area contributed by atoms with E-state index in [2.05, 4.69) is 0 Å². The highest BCUT2D eigenvalue weighted by atomic mass is 16.7. The molecule has 1 saturated heterocycles. The average Bonchev–Trinajstić information content (AvgIpc) is 2.27. The monoisotopic (exact) mass is 208 g/mol. The highest BCUT2D eigenvalue weighted by molar-refractivity contribution is 4.83. The summed E-state index contributed by atoms with van der Waals surface area (Å²) >= 11 is 0. The summed E-state index contributed by atoms with van der Waals surface area (Å²) < 4.78 is 9.88. The Bertz CT molecular complexity index is 173. The normalized spacial score (nSPS) is 44.8. The number of aliphatic hydroxyl groups excluding tert-OH is 4. The van der Waals surface area contributed by atoms with Crippen molar-refractivity contribution >= 4 is 0 Å². The molecule has 1 heterocycles. The summed E-state index contributed by atoms with van der Waals surface area (Å²) in [4.78, 5) is 0. The molecule has 0 spiro atoms. The van der Waals surface area contributed by atoms with Gasteiger partial charge in [-0.2, -0.15) is 0 Å². The first-order chi connectivity index (χ1) is 6.60. The minimum atomic E-state index is -1.21. The Kier molecular flexibility index (Phi) is 4.24. The maximum atomic E-state index is 9.45. The summed E-state index contributed by atoms with van der Waals surface area (Å²) in [6, 6.07) is 0. The molecule has 5 atom stereocenters. The van der Waals surface area contributed by atoms with Crippen molar-refractivity contribution in [1.82, 2.24) is 0 Å². The number of methoxy groups -OCH3 is 1. The second-order valence-corrected chi connectivity index (χ2v) is 3.32. The van der Waals surface area contributed by atoms with E-state index in [4.69, 9.17) is 14.6 Å². The predicted octanol–water partition coefficient (Wildman–Crippen LogP) is -2.18. The van der Waals surface area contributed by atoms with Gasteiger partial charge in [-0.05, 0) is 0 Å². The molecule has 1 rings (SSSR count). The predicted molar refractivity (Wildman–Crippen MR) is 45.4 cm³/mol. The molecular weight excluding hydrogens is 192 g/mol. The lowest BCUT2D eigenvalue weighted by atomic mass is 10.0. The summed E-state index contributed by atoms with van der Waals surface area (Å²) in [6.07, 6.45) is -5.26. The van der Waals surface area contributed by atoms with E-state index in [9.17, 15) is 15.3 Å². The number of aliphatic hydroxyl groups is 4. The minimum absolute atomic E-state index is 0.0455. The van der Waals surface area contributed by atoms with E-state index in [0.29, 0.717) is 0 Å². The van der Waals surface area contributed by atoms with Crippen LogP contribution in [0.25, 0.3) is 0 Å². The fourth-order valence-corrected chi connectivity index (χ4v) is 1.45. The van der Waals surface area contributed by atoms with Gasteiger partial charge in [-0.25, -0.2) is 0 Å². The molecule has 4 N–H and O–H groups in total. The number of rotatable bonds is 2. The molecule has 0 amide bonds. The molecule has 14 heavy (non-hydrogen) atoms. The van der Waals surface area contributed by atoms with Crippen LogP contribution in [0, 0.1) is 0 Å². The van der Waals surface area contributed by atoms with Crippen molar-refractivity contribution in [3.05, 3.63) is 0 Å². The van der Waals surface area contributed by atoms with Gasteiger partial charge in [-0.1, -0.05) is 0 Å². The number of hydrogen-bond donors (Lipinski definition) is 4. The topological polar surface area (TPSA) is 99.4 Å². The molecule has 0 radical (unpaired) electrons. The third kappa shape index (κ3) is 2.41. The summed E-state index contributed by atoms with van der Waals surface area (Å²) in [5, 5.41) is 37.2. The standard InChI is InChI=1S/C8H16O6/c1-13-8-5(11)2-4(10)7(12)6(3-9)14-8/h4-12H,2-3H2,1H3/t4-,5-,6-,7+,8-/m1/s1. The molecule has 0 saturated carbocycles. The van der Waals surface area contributed by atoms with Crippen LogP contribution in [0.1, 0.15) is 6.42 Å². The molecule has 0 unspecified atom stereocenters. The Labute approximate surface area is 81.7 Å². The van der Waals surface area contributed by atoms with Gasteiger partial charge in [0.05, 0.1) is 12.7 Å². The van der Waals surface area contributed by atoms with Gasteiger partial charge in [0.25, 0.3) is 0 Å². The van der Waals surface area contributed by atoms with E-state index in [1.807, 2.05) is 0 Å². The van der Waals surface area contributed by atoms with E-state index in [1.54, 1.807) is 0 Å². The fourth-order valence-electron chi connectivity index (χ4n) is 1.45. The molecule has 0 aromatic rings. The summed E-state index contributed by atoms with van der Waals surface area (Å²) in [5.74, 6) is 0. The van der Waals surface area contributed by atoms with E-state index in [-0.39, 0.29) is 6.42 Å². The Balaban J connectivity index is 2.71. The van der Waals surface area contributed by atoms with Gasteiger partial charge in [-0.15, -0.1) is 0 Å². The Morgan fingerprint density at radius 3 is 2.43 bits per heavy atom. The highest BCUT2D eigenvalue weighted by Crippen LogP contribution is 2.20. The summed E-state index contributed by atoms with van der Waals surface area (Å²) in [7, 11) is 1.34. The van der Waals surface area contributed by atoms with Crippen LogP contribution in [0.5, 0.6) is 0 Å². The first-order valence-corrected chi connectivity index (χ1v) is 4.43. The van der Waals surface area contributed by atoms with Crippen LogP contribution in [0.2, 0.25) is 0 Å². The van der Waals surface area contributed by atoms with E-state index in [0.717, 1.165) is 0 Å². The molecule has 0 bridgehead atoms. The molecular formula is C8H16O6. The molecule has 6 heteroatoms. The van der Waals surface area contributed by atoms with Crippen molar-refractivity contribution in [3.63, 3.8) is 0 Å². The van der Waals surface area contributed by atoms with Crippen molar-refractivity contribution in [1.29, 1.82) is 0 Å². The third-order valence-electron chi connectivity index (χ3n) is 2.29. The first kappa shape index (κ1) is 11.8. The Hall–Kier alpha value is -0.240. The van der Waals surface area contributed by atoms with Gasteiger partial charge in [0.1, 0.15) is 18.3 Å². The Morgan fingerprint density at radius 2 is 1.93 bits per heavy atom. The van der Waals surface area contributed by atoms with Gasteiger partial charge in [0.2, 0.25) is 0 Å². The van der Waals surface area contributed by atoms with E-state index >= 15 is 0 Å². The minimum Gasteiger partial charge on any atom is -0.394 e. The van der Waals surface area contributed by atoms with Crippen molar-refractivity contribution in [3.8, 4) is 0 Å². The molecule has 1 aliphatic heterocycles. The molecule has 0 aromatic heterocycles.